The zero-order chi connectivity index (χ0) is 20.9. The van der Waals surface area contributed by atoms with Gasteiger partial charge in [0.2, 0.25) is 0 Å². The van der Waals surface area contributed by atoms with Crippen LogP contribution in [-0.2, 0) is 13.1 Å². The molecule has 0 N–H and O–H groups in total. The minimum Gasteiger partial charge on any atom is -0.345 e. The molecular weight excluding hydrogens is 504 g/mol. The van der Waals surface area contributed by atoms with Crippen molar-refractivity contribution in [1.82, 2.24) is 9.47 Å². The highest BCUT2D eigenvalue weighted by atomic mass is 79.9. The van der Waals surface area contributed by atoms with Crippen LogP contribution in [0.15, 0.2) is 75.8 Å². The molecule has 3 nitrogen and oxygen atoms in total. The zero-order valence-electron chi connectivity index (χ0n) is 16.9. The molecule has 1 saturated carbocycles. The van der Waals surface area contributed by atoms with E-state index in [4.69, 9.17) is 0 Å². The van der Waals surface area contributed by atoms with Crippen molar-refractivity contribution in [2.24, 2.45) is 0 Å². The first-order valence-corrected chi connectivity index (χ1v) is 12.1. The van der Waals surface area contributed by atoms with Gasteiger partial charge in [0.25, 0.3) is 5.91 Å². The van der Waals surface area contributed by atoms with E-state index in [1.807, 2.05) is 24.3 Å². The first kappa shape index (κ1) is 21.4. The Labute approximate surface area is 195 Å². The van der Waals surface area contributed by atoms with E-state index in [1.54, 1.807) is 0 Å². The molecule has 0 saturated heterocycles. The average Bonchev–Trinajstić information content (AvgIpc) is 3.21. The second-order valence-corrected chi connectivity index (χ2v) is 9.73. The van der Waals surface area contributed by atoms with Crippen molar-refractivity contribution in [1.29, 1.82) is 0 Å². The normalized spacial score (nSPS) is 14.6. The summed E-state index contributed by atoms with van der Waals surface area (Å²) in [6.07, 6.45) is 7.95. The molecule has 3 aromatic rings. The summed E-state index contributed by atoms with van der Waals surface area (Å²) in [4.78, 5) is 15.7. The summed E-state index contributed by atoms with van der Waals surface area (Å²) in [5.41, 5.74) is 3.16. The fourth-order valence-corrected chi connectivity index (χ4v) is 4.98. The van der Waals surface area contributed by atoms with E-state index in [-0.39, 0.29) is 5.91 Å². The Balaban J connectivity index is 1.59. The Morgan fingerprint density at radius 3 is 2.40 bits per heavy atom. The molecule has 30 heavy (non-hydrogen) atoms. The lowest BCUT2D eigenvalue weighted by Crippen LogP contribution is -2.41. The Morgan fingerprint density at radius 1 is 0.933 bits per heavy atom. The van der Waals surface area contributed by atoms with Gasteiger partial charge in [-0.25, -0.2) is 0 Å². The zero-order valence-corrected chi connectivity index (χ0v) is 20.1. The van der Waals surface area contributed by atoms with Crippen LogP contribution >= 0.6 is 31.9 Å². The Morgan fingerprint density at radius 2 is 1.67 bits per heavy atom. The molecule has 1 aliphatic carbocycles. The van der Waals surface area contributed by atoms with E-state index in [0.717, 1.165) is 33.9 Å². The summed E-state index contributed by atoms with van der Waals surface area (Å²) >= 11 is 7.08. The second-order valence-electron chi connectivity index (χ2n) is 7.96. The average molecular weight is 530 g/mol. The maximum Gasteiger partial charge on any atom is 0.255 e. The smallest absolute Gasteiger partial charge is 0.255 e. The summed E-state index contributed by atoms with van der Waals surface area (Å²) in [5.74, 6) is 0.116. The van der Waals surface area contributed by atoms with Crippen LogP contribution in [-0.4, -0.2) is 21.4 Å². The van der Waals surface area contributed by atoms with Gasteiger partial charge >= 0.3 is 0 Å². The SMILES string of the molecule is O=C(c1ccccc1Br)N(Cc1cccn1Cc1ccc(Br)cc1)C1CCCCC1. The molecule has 1 heterocycles. The first-order valence-electron chi connectivity index (χ1n) is 10.6. The third-order valence-electron chi connectivity index (χ3n) is 5.90. The lowest BCUT2D eigenvalue weighted by molar-refractivity contribution is 0.0607. The fraction of sp³-hybridized carbons (Fsp3) is 0.320. The highest BCUT2D eigenvalue weighted by Gasteiger charge is 2.28. The number of benzene rings is 2. The summed E-state index contributed by atoms with van der Waals surface area (Å²) in [5, 5.41) is 0. The standard InChI is InChI=1S/C25H26Br2N2O/c26-20-14-12-19(13-15-20)17-28-16-6-9-22(28)18-29(21-7-2-1-3-8-21)25(30)23-10-4-5-11-24(23)27/h4-6,9-16,21H,1-3,7-8,17-18H2. The number of hydrogen-bond acceptors (Lipinski definition) is 1. The molecule has 5 heteroatoms. The summed E-state index contributed by atoms with van der Waals surface area (Å²) in [6, 6.07) is 20.7. The van der Waals surface area contributed by atoms with Gasteiger partial charge < -0.3 is 9.47 Å². The van der Waals surface area contributed by atoms with E-state index in [2.05, 4.69) is 83.9 Å². The minimum absolute atomic E-state index is 0.116. The third-order valence-corrected chi connectivity index (χ3v) is 7.12. The van der Waals surface area contributed by atoms with Crippen LogP contribution in [0.3, 0.4) is 0 Å². The van der Waals surface area contributed by atoms with E-state index in [0.29, 0.717) is 12.6 Å². The van der Waals surface area contributed by atoms with Gasteiger partial charge in [-0.2, -0.15) is 0 Å². The molecule has 1 aromatic heterocycles. The Hall–Kier alpha value is -1.85. The monoisotopic (exact) mass is 528 g/mol. The summed E-state index contributed by atoms with van der Waals surface area (Å²) < 4.78 is 4.20. The molecule has 0 atom stereocenters. The highest BCUT2D eigenvalue weighted by molar-refractivity contribution is 9.10. The topological polar surface area (TPSA) is 25.2 Å². The quantitative estimate of drug-likeness (QED) is 0.336. The van der Waals surface area contributed by atoms with Crippen molar-refractivity contribution >= 4 is 37.8 Å². The largest absolute Gasteiger partial charge is 0.345 e. The van der Waals surface area contributed by atoms with Crippen molar-refractivity contribution in [2.75, 3.05) is 0 Å². The molecule has 156 valence electrons. The molecule has 4 rings (SSSR count). The number of amides is 1. The Kier molecular flexibility index (Phi) is 7.11. The molecule has 0 bridgehead atoms. The second kappa shape index (κ2) is 9.97. The summed E-state index contributed by atoms with van der Waals surface area (Å²) in [6.45, 7) is 1.44. The van der Waals surface area contributed by atoms with Crippen molar-refractivity contribution in [2.45, 2.75) is 51.2 Å². The molecule has 0 unspecified atom stereocenters. The lowest BCUT2D eigenvalue weighted by Gasteiger charge is -2.35. The third kappa shape index (κ3) is 5.06. The molecule has 0 aliphatic heterocycles. The lowest BCUT2D eigenvalue weighted by atomic mass is 9.93. The molecule has 2 aromatic carbocycles. The van der Waals surface area contributed by atoms with E-state index >= 15 is 0 Å². The van der Waals surface area contributed by atoms with Gasteiger partial charge in [-0.05, 0) is 70.7 Å². The van der Waals surface area contributed by atoms with Crippen molar-refractivity contribution in [3.8, 4) is 0 Å². The van der Waals surface area contributed by atoms with Crippen LogP contribution in [0.25, 0.3) is 0 Å². The highest BCUT2D eigenvalue weighted by Crippen LogP contribution is 2.28. The van der Waals surface area contributed by atoms with Crippen LogP contribution in [0.1, 0.15) is 53.7 Å². The van der Waals surface area contributed by atoms with Gasteiger partial charge in [0.1, 0.15) is 0 Å². The van der Waals surface area contributed by atoms with Gasteiger partial charge in [0.05, 0.1) is 12.1 Å². The van der Waals surface area contributed by atoms with Crippen LogP contribution in [0.4, 0.5) is 0 Å². The minimum atomic E-state index is 0.116. The molecule has 1 fully saturated rings. The van der Waals surface area contributed by atoms with Gasteiger partial charge in [0, 0.05) is 33.4 Å². The van der Waals surface area contributed by atoms with Crippen LogP contribution in [0, 0.1) is 0 Å². The predicted molar refractivity (Wildman–Crippen MR) is 129 cm³/mol. The number of nitrogens with zero attached hydrogens (tertiary/aromatic N) is 2. The van der Waals surface area contributed by atoms with Crippen LogP contribution in [0.5, 0.6) is 0 Å². The van der Waals surface area contributed by atoms with Crippen molar-refractivity contribution in [3.05, 3.63) is 92.6 Å². The van der Waals surface area contributed by atoms with Crippen molar-refractivity contribution in [3.63, 3.8) is 0 Å². The number of hydrogen-bond donors (Lipinski definition) is 0. The Bertz CT molecular complexity index is 990. The van der Waals surface area contributed by atoms with E-state index in [9.17, 15) is 4.79 Å². The number of rotatable bonds is 6. The molecule has 1 aliphatic rings. The molecule has 1 amide bonds. The number of carbonyl (C=O) groups is 1. The summed E-state index contributed by atoms with van der Waals surface area (Å²) in [7, 11) is 0. The van der Waals surface area contributed by atoms with Gasteiger partial charge in [0.15, 0.2) is 0 Å². The maximum atomic E-state index is 13.6. The number of halogens is 2. The van der Waals surface area contributed by atoms with Crippen LogP contribution in [0.2, 0.25) is 0 Å². The van der Waals surface area contributed by atoms with Crippen molar-refractivity contribution < 1.29 is 4.79 Å². The van der Waals surface area contributed by atoms with E-state index in [1.165, 1.54) is 30.5 Å². The maximum absolute atomic E-state index is 13.6. The molecule has 0 spiro atoms. The van der Waals surface area contributed by atoms with E-state index < -0.39 is 0 Å². The number of carbonyl (C=O) groups excluding carboxylic acids is 1. The van der Waals surface area contributed by atoms with Gasteiger partial charge in [-0.1, -0.05) is 59.5 Å². The van der Waals surface area contributed by atoms with Gasteiger partial charge in [-0.3, -0.25) is 4.79 Å². The van der Waals surface area contributed by atoms with Crippen LogP contribution < -0.4 is 0 Å². The fourth-order valence-electron chi connectivity index (χ4n) is 4.26. The number of aromatic nitrogens is 1. The van der Waals surface area contributed by atoms with Gasteiger partial charge in [-0.15, -0.1) is 0 Å². The first-order chi connectivity index (χ1) is 14.6. The molecule has 0 radical (unpaired) electrons. The predicted octanol–water partition coefficient (Wildman–Crippen LogP) is 7.04. The molecular formula is C25H26Br2N2O.